The lowest BCUT2D eigenvalue weighted by Gasteiger charge is -2.31. The van der Waals surface area contributed by atoms with E-state index in [-0.39, 0.29) is 5.91 Å². The summed E-state index contributed by atoms with van der Waals surface area (Å²) in [5, 5.41) is 0.704. The molecule has 5 nitrogen and oxygen atoms in total. The SMILES string of the molecule is CN1C(=O)C(Cc2ccncc2)Oc2nc(C#CCc3ccc(Cl)cc3)ccc21. The number of benzene rings is 1. The van der Waals surface area contributed by atoms with Gasteiger partial charge in [0.1, 0.15) is 11.4 Å². The van der Waals surface area contributed by atoms with E-state index in [1.54, 1.807) is 30.4 Å². The molecule has 2 aromatic heterocycles. The number of ether oxygens (including phenoxy) is 1. The van der Waals surface area contributed by atoms with Crippen LogP contribution in [-0.2, 0) is 17.6 Å². The predicted molar refractivity (Wildman–Crippen MR) is 112 cm³/mol. The number of aromatic nitrogens is 2. The molecule has 3 aromatic rings. The Morgan fingerprint density at radius 1 is 1.07 bits per heavy atom. The minimum absolute atomic E-state index is 0.0994. The first-order valence-corrected chi connectivity index (χ1v) is 9.55. The van der Waals surface area contributed by atoms with Gasteiger partial charge in [0.15, 0.2) is 6.10 Å². The summed E-state index contributed by atoms with van der Waals surface area (Å²) in [6, 6.07) is 14.9. The van der Waals surface area contributed by atoms with E-state index in [2.05, 4.69) is 21.8 Å². The van der Waals surface area contributed by atoms with Gasteiger partial charge >= 0.3 is 0 Å². The normalized spacial score (nSPS) is 15.2. The fourth-order valence-corrected chi connectivity index (χ4v) is 3.19. The topological polar surface area (TPSA) is 55.3 Å². The molecule has 1 atom stereocenters. The van der Waals surface area contributed by atoms with E-state index in [1.165, 1.54) is 0 Å². The highest BCUT2D eigenvalue weighted by molar-refractivity contribution is 6.30. The maximum absolute atomic E-state index is 12.7. The van der Waals surface area contributed by atoms with Crippen LogP contribution in [0.3, 0.4) is 0 Å². The van der Waals surface area contributed by atoms with Gasteiger partial charge in [0.05, 0.1) is 0 Å². The second-order valence-corrected chi connectivity index (χ2v) is 7.13. The fraction of sp³-hybridized carbons (Fsp3) is 0.174. The first-order chi connectivity index (χ1) is 14.1. The van der Waals surface area contributed by atoms with Crippen molar-refractivity contribution in [2.45, 2.75) is 18.9 Å². The highest BCUT2D eigenvalue weighted by atomic mass is 35.5. The molecule has 0 aliphatic carbocycles. The summed E-state index contributed by atoms with van der Waals surface area (Å²) in [6.07, 6.45) is 3.83. The van der Waals surface area contributed by atoms with E-state index < -0.39 is 6.10 Å². The summed E-state index contributed by atoms with van der Waals surface area (Å²) < 4.78 is 5.93. The lowest BCUT2D eigenvalue weighted by Crippen LogP contribution is -2.45. The molecule has 0 bridgehead atoms. The second-order valence-electron chi connectivity index (χ2n) is 6.69. The minimum atomic E-state index is -0.625. The number of halogens is 1. The van der Waals surface area contributed by atoms with Gasteiger partial charge in [-0.15, -0.1) is 0 Å². The largest absolute Gasteiger partial charge is 0.462 e. The molecule has 0 saturated heterocycles. The summed E-state index contributed by atoms with van der Waals surface area (Å²) in [5.74, 6) is 6.50. The quantitative estimate of drug-likeness (QED) is 0.626. The third-order valence-electron chi connectivity index (χ3n) is 4.65. The van der Waals surface area contributed by atoms with E-state index in [1.807, 2.05) is 42.5 Å². The number of likely N-dealkylation sites (N-methyl/N-ethyl adjacent to an activating group) is 1. The maximum atomic E-state index is 12.7. The monoisotopic (exact) mass is 403 g/mol. The molecule has 0 spiro atoms. The van der Waals surface area contributed by atoms with Gasteiger partial charge in [0, 0.05) is 37.3 Å². The van der Waals surface area contributed by atoms with Crippen LogP contribution in [0.1, 0.15) is 16.8 Å². The zero-order valence-corrected chi connectivity index (χ0v) is 16.6. The molecule has 0 fully saturated rings. The number of hydrogen-bond acceptors (Lipinski definition) is 4. The third-order valence-corrected chi connectivity index (χ3v) is 4.91. The molecule has 1 aliphatic rings. The number of carbonyl (C=O) groups is 1. The molecule has 1 aliphatic heterocycles. The second kappa shape index (κ2) is 8.34. The first kappa shape index (κ1) is 19.0. The molecule has 6 heteroatoms. The summed E-state index contributed by atoms with van der Waals surface area (Å²) >= 11 is 5.90. The Hall–Kier alpha value is -3.36. The van der Waals surface area contributed by atoms with Crippen molar-refractivity contribution in [1.29, 1.82) is 0 Å². The molecule has 1 aromatic carbocycles. The van der Waals surface area contributed by atoms with Crippen LogP contribution in [0.15, 0.2) is 60.9 Å². The number of hydrogen-bond donors (Lipinski definition) is 0. The molecule has 1 amide bonds. The van der Waals surface area contributed by atoms with Gasteiger partial charge in [0.2, 0.25) is 5.88 Å². The molecule has 4 rings (SSSR count). The van der Waals surface area contributed by atoms with Crippen molar-refractivity contribution in [3.05, 3.63) is 82.8 Å². The Labute approximate surface area is 174 Å². The average molecular weight is 404 g/mol. The van der Waals surface area contributed by atoms with E-state index in [0.29, 0.717) is 35.1 Å². The zero-order chi connectivity index (χ0) is 20.2. The molecule has 144 valence electrons. The van der Waals surface area contributed by atoms with Gasteiger partial charge < -0.3 is 9.64 Å². The van der Waals surface area contributed by atoms with Gasteiger partial charge in [0.25, 0.3) is 5.91 Å². The standard InChI is InChI=1S/C23H18ClN3O2/c1-27-20-10-9-19(4-2-3-16-5-7-18(24)8-6-16)26-22(20)29-21(23(27)28)15-17-11-13-25-14-12-17/h5-14,21H,3,15H2,1H3. The Morgan fingerprint density at radius 3 is 2.59 bits per heavy atom. The number of rotatable bonds is 3. The maximum Gasteiger partial charge on any atom is 0.268 e. The molecule has 0 radical (unpaired) electrons. The van der Waals surface area contributed by atoms with Crippen LogP contribution < -0.4 is 9.64 Å². The summed E-state index contributed by atoms with van der Waals surface area (Å²) in [7, 11) is 1.73. The molecule has 1 unspecified atom stereocenters. The van der Waals surface area contributed by atoms with E-state index in [4.69, 9.17) is 16.3 Å². The van der Waals surface area contributed by atoms with Crippen LogP contribution in [0.2, 0.25) is 5.02 Å². The van der Waals surface area contributed by atoms with Crippen LogP contribution in [-0.4, -0.2) is 29.0 Å². The van der Waals surface area contributed by atoms with Gasteiger partial charge in [-0.2, -0.15) is 0 Å². The molecule has 29 heavy (non-hydrogen) atoms. The number of amides is 1. The number of pyridine rings is 2. The molecule has 0 N–H and O–H groups in total. The first-order valence-electron chi connectivity index (χ1n) is 9.17. The van der Waals surface area contributed by atoms with Crippen molar-refractivity contribution >= 4 is 23.2 Å². The predicted octanol–water partition coefficient (Wildman–Crippen LogP) is 3.69. The zero-order valence-electron chi connectivity index (χ0n) is 15.8. The third kappa shape index (κ3) is 4.39. The van der Waals surface area contributed by atoms with Gasteiger partial charge in [-0.25, -0.2) is 4.98 Å². The number of carbonyl (C=O) groups excluding carboxylic acids is 1. The van der Waals surface area contributed by atoms with Gasteiger partial charge in [-0.3, -0.25) is 9.78 Å². The smallest absolute Gasteiger partial charge is 0.268 e. The lowest BCUT2D eigenvalue weighted by atomic mass is 10.1. The summed E-state index contributed by atoms with van der Waals surface area (Å²) in [5.41, 5.74) is 3.31. The van der Waals surface area contributed by atoms with Crippen molar-refractivity contribution in [2.24, 2.45) is 0 Å². The van der Waals surface area contributed by atoms with E-state index in [9.17, 15) is 4.79 Å². The Balaban J connectivity index is 1.52. The summed E-state index contributed by atoms with van der Waals surface area (Å²) in [6.45, 7) is 0. The molecular formula is C23H18ClN3O2. The van der Waals surface area contributed by atoms with Crippen LogP contribution in [0.5, 0.6) is 5.88 Å². The lowest BCUT2D eigenvalue weighted by molar-refractivity contribution is -0.126. The number of anilines is 1. The van der Waals surface area contributed by atoms with Crippen molar-refractivity contribution in [2.75, 3.05) is 11.9 Å². The van der Waals surface area contributed by atoms with Crippen molar-refractivity contribution in [1.82, 2.24) is 9.97 Å². The van der Waals surface area contributed by atoms with E-state index in [0.717, 1.165) is 11.1 Å². The van der Waals surface area contributed by atoms with Crippen LogP contribution in [0, 0.1) is 11.8 Å². The number of nitrogens with zero attached hydrogens (tertiary/aromatic N) is 3. The number of fused-ring (bicyclic) bond motifs is 1. The highest BCUT2D eigenvalue weighted by Crippen LogP contribution is 2.32. The molecular weight excluding hydrogens is 386 g/mol. The van der Waals surface area contributed by atoms with Crippen LogP contribution in [0.25, 0.3) is 0 Å². The van der Waals surface area contributed by atoms with Crippen LogP contribution >= 0.6 is 11.6 Å². The van der Waals surface area contributed by atoms with Gasteiger partial charge in [-0.05, 0) is 53.4 Å². The van der Waals surface area contributed by atoms with Crippen LogP contribution in [0.4, 0.5) is 5.69 Å². The van der Waals surface area contributed by atoms with E-state index >= 15 is 0 Å². The Morgan fingerprint density at radius 2 is 1.83 bits per heavy atom. The Kier molecular flexibility index (Phi) is 5.46. The van der Waals surface area contributed by atoms with Crippen molar-refractivity contribution in [3.63, 3.8) is 0 Å². The van der Waals surface area contributed by atoms with Crippen molar-refractivity contribution in [3.8, 4) is 17.7 Å². The molecule has 3 heterocycles. The van der Waals surface area contributed by atoms with Crippen molar-refractivity contribution < 1.29 is 9.53 Å². The Bertz CT molecular complexity index is 1090. The molecule has 0 saturated carbocycles. The highest BCUT2D eigenvalue weighted by Gasteiger charge is 2.33. The van der Waals surface area contributed by atoms with Gasteiger partial charge in [-0.1, -0.05) is 29.7 Å². The summed E-state index contributed by atoms with van der Waals surface area (Å²) in [4.78, 5) is 22.8. The minimum Gasteiger partial charge on any atom is -0.462 e. The fourth-order valence-electron chi connectivity index (χ4n) is 3.07. The average Bonchev–Trinajstić information content (AvgIpc) is 2.74.